The molecule has 7 nitrogen and oxygen atoms in total. The molecule has 1 aromatic heterocycles. The maximum atomic E-state index is 14.3. The van der Waals surface area contributed by atoms with Crippen molar-refractivity contribution in [1.82, 2.24) is 4.57 Å². The summed E-state index contributed by atoms with van der Waals surface area (Å²) >= 11 is 13.6. The van der Waals surface area contributed by atoms with E-state index in [1.807, 2.05) is 60.7 Å². The zero-order valence-electron chi connectivity index (χ0n) is 24.9. The van der Waals surface area contributed by atoms with E-state index in [1.165, 1.54) is 11.3 Å². The number of thiazole rings is 1. The van der Waals surface area contributed by atoms with Crippen LogP contribution in [-0.4, -0.2) is 24.3 Å². The summed E-state index contributed by atoms with van der Waals surface area (Å²) in [6.07, 6.45) is 1.76. The molecule has 1 aliphatic rings. The number of esters is 1. The first-order chi connectivity index (χ1) is 22.4. The summed E-state index contributed by atoms with van der Waals surface area (Å²) in [6, 6.07) is 28.6. The first-order valence-corrected chi connectivity index (χ1v) is 16.0. The van der Waals surface area contributed by atoms with Gasteiger partial charge in [0.2, 0.25) is 0 Å². The van der Waals surface area contributed by atoms with Gasteiger partial charge in [-0.15, -0.1) is 0 Å². The monoisotopic (exact) mass is 670 g/mol. The largest absolute Gasteiger partial charge is 0.493 e. The van der Waals surface area contributed by atoms with Crippen LogP contribution in [0.1, 0.15) is 35.2 Å². The molecule has 2 heterocycles. The van der Waals surface area contributed by atoms with Crippen molar-refractivity contribution in [2.45, 2.75) is 19.6 Å². The Morgan fingerprint density at radius 2 is 1.72 bits per heavy atom. The molecule has 0 amide bonds. The highest BCUT2D eigenvalue weighted by molar-refractivity contribution is 7.07. The van der Waals surface area contributed by atoms with Crippen LogP contribution in [0.25, 0.3) is 11.8 Å². The van der Waals surface area contributed by atoms with E-state index >= 15 is 0 Å². The molecular formula is C36H28Cl2N2O5S. The minimum Gasteiger partial charge on any atom is -0.493 e. The predicted octanol–water partition coefficient (Wildman–Crippen LogP) is 6.83. The van der Waals surface area contributed by atoms with Crippen molar-refractivity contribution in [3.8, 4) is 11.5 Å². The molecule has 46 heavy (non-hydrogen) atoms. The lowest BCUT2D eigenvalue weighted by Crippen LogP contribution is -2.40. The van der Waals surface area contributed by atoms with Gasteiger partial charge >= 0.3 is 5.97 Å². The molecule has 0 radical (unpaired) electrons. The topological polar surface area (TPSA) is 79.1 Å². The SMILES string of the molecule is CCOC(=O)C1=C(c2ccccc2)N=c2s/c(=C\c3cccc(OC)c3OCc3cccc(Cl)c3)c(=O)n2[C@@H]1c1ccc(Cl)cc1. The zero-order chi connectivity index (χ0) is 32.2. The Balaban J connectivity index is 1.55. The number of rotatable bonds is 9. The van der Waals surface area contributed by atoms with Gasteiger partial charge in [0.25, 0.3) is 5.56 Å². The van der Waals surface area contributed by atoms with Crippen LogP contribution in [0.4, 0.5) is 0 Å². The fourth-order valence-electron chi connectivity index (χ4n) is 5.29. The molecule has 6 rings (SSSR count). The van der Waals surface area contributed by atoms with Gasteiger partial charge in [-0.3, -0.25) is 9.36 Å². The van der Waals surface area contributed by atoms with E-state index in [0.717, 1.165) is 11.1 Å². The molecular weight excluding hydrogens is 643 g/mol. The molecule has 0 N–H and O–H groups in total. The standard InChI is InChI=1S/C36H28Cl2N2O5S/c1-3-44-35(42)30-31(23-10-5-4-6-11-23)39-36-40(32(30)24-15-17-26(37)18-16-24)34(41)29(46-36)20-25-12-8-14-28(43-2)33(25)45-21-22-9-7-13-27(38)19-22/h4-20,32H,3,21H2,1-2H3/b29-20-/t32-/m1/s1. The van der Waals surface area contributed by atoms with E-state index < -0.39 is 12.0 Å². The van der Waals surface area contributed by atoms with Crippen LogP contribution in [0.2, 0.25) is 10.0 Å². The summed E-state index contributed by atoms with van der Waals surface area (Å²) in [5, 5.41) is 1.14. The molecule has 0 bridgehead atoms. The summed E-state index contributed by atoms with van der Waals surface area (Å²) in [7, 11) is 1.56. The number of hydrogen-bond acceptors (Lipinski definition) is 7. The second kappa shape index (κ2) is 13.8. The second-order valence-electron chi connectivity index (χ2n) is 10.3. The summed E-state index contributed by atoms with van der Waals surface area (Å²) < 4.78 is 19.3. The van der Waals surface area contributed by atoms with Crippen LogP contribution >= 0.6 is 34.5 Å². The number of hydrogen-bond donors (Lipinski definition) is 0. The Morgan fingerprint density at radius 3 is 2.43 bits per heavy atom. The van der Waals surface area contributed by atoms with Gasteiger partial charge in [0.15, 0.2) is 16.3 Å². The minimum absolute atomic E-state index is 0.163. The Morgan fingerprint density at radius 1 is 0.957 bits per heavy atom. The predicted molar refractivity (Wildman–Crippen MR) is 181 cm³/mol. The van der Waals surface area contributed by atoms with E-state index in [9.17, 15) is 9.59 Å². The fraction of sp³-hybridized carbons (Fsp3) is 0.139. The molecule has 5 aromatic rings. The lowest BCUT2D eigenvalue weighted by atomic mass is 9.93. The maximum absolute atomic E-state index is 14.3. The van der Waals surface area contributed by atoms with Crippen molar-refractivity contribution >= 4 is 52.3 Å². The number of carbonyl (C=O) groups is 1. The number of ether oxygens (including phenoxy) is 3. The number of aromatic nitrogens is 1. The molecule has 10 heteroatoms. The van der Waals surface area contributed by atoms with E-state index in [4.69, 9.17) is 42.4 Å². The Labute approximate surface area is 279 Å². The van der Waals surface area contributed by atoms with Crippen LogP contribution in [-0.2, 0) is 16.1 Å². The van der Waals surface area contributed by atoms with Crippen LogP contribution in [0, 0.1) is 0 Å². The molecule has 0 saturated heterocycles. The minimum atomic E-state index is -0.811. The second-order valence-corrected chi connectivity index (χ2v) is 12.2. The quantitative estimate of drug-likeness (QED) is 0.161. The van der Waals surface area contributed by atoms with Crippen LogP contribution in [0.15, 0.2) is 112 Å². The first kappa shape index (κ1) is 31.4. The summed E-state index contributed by atoms with van der Waals surface area (Å²) in [4.78, 5) is 33.3. The van der Waals surface area contributed by atoms with E-state index in [0.29, 0.717) is 47.7 Å². The molecule has 1 atom stereocenters. The average Bonchev–Trinajstić information content (AvgIpc) is 3.38. The number of para-hydroxylation sites is 1. The third-order valence-electron chi connectivity index (χ3n) is 7.35. The van der Waals surface area contributed by atoms with Crippen molar-refractivity contribution in [3.63, 3.8) is 0 Å². The third kappa shape index (κ3) is 6.37. The zero-order valence-corrected chi connectivity index (χ0v) is 27.2. The van der Waals surface area contributed by atoms with Crippen molar-refractivity contribution in [1.29, 1.82) is 0 Å². The summed E-state index contributed by atoms with van der Waals surface area (Å²) in [5.41, 5.74) is 3.33. The van der Waals surface area contributed by atoms with Crippen molar-refractivity contribution in [2.75, 3.05) is 13.7 Å². The summed E-state index contributed by atoms with van der Waals surface area (Å²) in [5.74, 6) is 0.435. The third-order valence-corrected chi connectivity index (χ3v) is 8.82. The fourth-order valence-corrected chi connectivity index (χ4v) is 6.62. The van der Waals surface area contributed by atoms with Crippen molar-refractivity contribution in [2.24, 2.45) is 4.99 Å². The van der Waals surface area contributed by atoms with Crippen LogP contribution in [0.5, 0.6) is 11.5 Å². The molecule has 0 spiro atoms. The van der Waals surface area contributed by atoms with Crippen LogP contribution in [0.3, 0.4) is 0 Å². The molecule has 0 saturated carbocycles. The summed E-state index contributed by atoms with van der Waals surface area (Å²) in [6.45, 7) is 2.15. The highest BCUT2D eigenvalue weighted by atomic mass is 35.5. The van der Waals surface area contributed by atoms with E-state index in [2.05, 4.69) is 0 Å². The lowest BCUT2D eigenvalue weighted by molar-refractivity contribution is -0.138. The molecule has 0 unspecified atom stereocenters. The number of benzene rings is 4. The number of carbonyl (C=O) groups excluding carboxylic acids is 1. The van der Waals surface area contributed by atoms with Gasteiger partial charge in [0, 0.05) is 21.2 Å². The van der Waals surface area contributed by atoms with Gasteiger partial charge in [-0.25, -0.2) is 9.79 Å². The number of methoxy groups -OCH3 is 1. The van der Waals surface area contributed by atoms with Gasteiger partial charge < -0.3 is 14.2 Å². The van der Waals surface area contributed by atoms with Gasteiger partial charge in [0.05, 0.1) is 35.6 Å². The van der Waals surface area contributed by atoms with E-state index in [1.54, 1.807) is 61.1 Å². The average molecular weight is 672 g/mol. The van der Waals surface area contributed by atoms with Gasteiger partial charge in [-0.05, 0) is 54.5 Å². The highest BCUT2D eigenvalue weighted by Crippen LogP contribution is 2.36. The Kier molecular flexibility index (Phi) is 9.40. The number of halogens is 2. The molecule has 0 aliphatic carbocycles. The van der Waals surface area contributed by atoms with Gasteiger partial charge in [-0.2, -0.15) is 0 Å². The highest BCUT2D eigenvalue weighted by Gasteiger charge is 2.35. The molecule has 232 valence electrons. The van der Waals surface area contributed by atoms with Crippen molar-refractivity contribution < 1.29 is 19.0 Å². The molecule has 0 fully saturated rings. The Bertz CT molecular complexity index is 2120. The number of fused-ring (bicyclic) bond motifs is 1. The molecule has 4 aromatic carbocycles. The molecule has 1 aliphatic heterocycles. The van der Waals surface area contributed by atoms with Gasteiger partial charge in [0.1, 0.15) is 6.61 Å². The lowest BCUT2D eigenvalue weighted by Gasteiger charge is -2.26. The van der Waals surface area contributed by atoms with Crippen LogP contribution < -0.4 is 24.4 Å². The Hall–Kier alpha value is -4.63. The normalized spacial score (nSPS) is 14.4. The van der Waals surface area contributed by atoms with Gasteiger partial charge in [-0.1, -0.05) is 101 Å². The smallest absolute Gasteiger partial charge is 0.338 e. The first-order valence-electron chi connectivity index (χ1n) is 14.5. The maximum Gasteiger partial charge on any atom is 0.338 e. The van der Waals surface area contributed by atoms with E-state index in [-0.39, 0.29) is 24.3 Å². The van der Waals surface area contributed by atoms with Crippen molar-refractivity contribution in [3.05, 3.63) is 155 Å². The number of nitrogens with zero attached hydrogens (tertiary/aromatic N) is 2.